The molecule has 0 aromatic rings. The number of aliphatic hydroxyl groups excluding tert-OH is 4. The Labute approximate surface area is 188 Å². The molecular weight excluding hydrogens is 396 g/mol. The minimum atomic E-state index is -1.21. The van der Waals surface area contributed by atoms with E-state index in [1.54, 1.807) is 0 Å². The van der Waals surface area contributed by atoms with Crippen LogP contribution in [0.15, 0.2) is 0 Å². The first-order valence-electron chi connectivity index (χ1n) is 12.3. The number of rotatable bonds is 9. The summed E-state index contributed by atoms with van der Waals surface area (Å²) in [5.41, 5.74) is -0.364. The normalized spacial score (nSPS) is 32.8. The topological polar surface area (TPSA) is 104 Å². The van der Waals surface area contributed by atoms with Crippen LogP contribution in [0.25, 0.3) is 0 Å². The van der Waals surface area contributed by atoms with E-state index in [0.717, 1.165) is 38.6 Å². The number of likely N-dealkylation sites (tertiary alicyclic amines) is 1. The van der Waals surface area contributed by atoms with Crippen LogP contribution >= 0.6 is 0 Å². The molecule has 7 nitrogen and oxygen atoms in total. The van der Waals surface area contributed by atoms with Crippen molar-refractivity contribution in [1.82, 2.24) is 9.80 Å². The standard InChI is InChI=1S/C24H46N2O5/c1-17-11-7-8-12-18(17)26(23(31)24(2,3)4)14-10-6-5-9-13-25-15-20(28)22(30)21(29)19(25)16-27/h17-22,27-30H,5-16H2,1-4H3/t17-,18+,19-,20+,21-,22-/m1/s1. The number of piperidine rings is 1. The maximum Gasteiger partial charge on any atom is 0.228 e. The Kier molecular flexibility index (Phi) is 10.2. The molecule has 1 saturated heterocycles. The number of hydrogen-bond acceptors (Lipinski definition) is 6. The summed E-state index contributed by atoms with van der Waals surface area (Å²) in [7, 11) is 0. The van der Waals surface area contributed by atoms with Gasteiger partial charge in [-0.2, -0.15) is 0 Å². The molecule has 1 aliphatic carbocycles. The molecule has 0 bridgehead atoms. The first kappa shape index (κ1) is 26.5. The lowest BCUT2D eigenvalue weighted by Gasteiger charge is -2.43. The quantitative estimate of drug-likeness (QED) is 0.406. The summed E-state index contributed by atoms with van der Waals surface area (Å²) in [5.74, 6) is 0.814. The van der Waals surface area contributed by atoms with Gasteiger partial charge in [0.05, 0.1) is 18.8 Å². The first-order chi connectivity index (χ1) is 14.6. The molecule has 1 aliphatic heterocycles. The predicted molar refractivity (Wildman–Crippen MR) is 122 cm³/mol. The first-order valence-corrected chi connectivity index (χ1v) is 12.3. The molecule has 1 heterocycles. The third kappa shape index (κ3) is 7.13. The third-order valence-corrected chi connectivity index (χ3v) is 7.18. The lowest BCUT2D eigenvalue weighted by molar-refractivity contribution is -0.145. The van der Waals surface area contributed by atoms with Crippen LogP contribution in [0.5, 0.6) is 0 Å². The second kappa shape index (κ2) is 11.9. The van der Waals surface area contributed by atoms with Crippen LogP contribution in [0.4, 0.5) is 0 Å². The van der Waals surface area contributed by atoms with Crippen LogP contribution in [-0.4, -0.2) is 92.8 Å². The van der Waals surface area contributed by atoms with Gasteiger partial charge < -0.3 is 25.3 Å². The predicted octanol–water partition coefficient (Wildman–Crippen LogP) is 1.76. The van der Waals surface area contributed by atoms with E-state index in [-0.39, 0.29) is 24.5 Å². The number of nitrogens with zero attached hydrogens (tertiary/aromatic N) is 2. The second-order valence-electron chi connectivity index (χ2n) is 10.8. The van der Waals surface area contributed by atoms with Gasteiger partial charge in [0.25, 0.3) is 0 Å². The molecule has 2 rings (SSSR count). The molecule has 2 aliphatic rings. The molecular formula is C24H46N2O5. The average Bonchev–Trinajstić information content (AvgIpc) is 2.71. The molecule has 6 atom stereocenters. The molecule has 0 aromatic carbocycles. The lowest BCUT2D eigenvalue weighted by Crippen LogP contribution is -2.62. The van der Waals surface area contributed by atoms with Gasteiger partial charge in [0.2, 0.25) is 5.91 Å². The largest absolute Gasteiger partial charge is 0.395 e. The maximum atomic E-state index is 13.1. The van der Waals surface area contributed by atoms with Crippen molar-refractivity contribution in [3.63, 3.8) is 0 Å². The van der Waals surface area contributed by atoms with Crippen LogP contribution in [0, 0.1) is 11.3 Å². The number of β-amino-alcohol motifs (C(OH)–C–C–N with tert-alkyl or cyclic N) is 1. The fraction of sp³-hybridized carbons (Fsp3) is 0.958. The number of unbranched alkanes of at least 4 members (excludes halogenated alkanes) is 3. The number of amides is 1. The van der Waals surface area contributed by atoms with E-state index >= 15 is 0 Å². The Morgan fingerprint density at radius 2 is 1.65 bits per heavy atom. The van der Waals surface area contributed by atoms with Gasteiger partial charge in [-0.1, -0.05) is 53.4 Å². The number of carbonyl (C=O) groups is 1. The summed E-state index contributed by atoms with van der Waals surface area (Å²) in [6.45, 7) is 9.78. The molecule has 182 valence electrons. The summed E-state index contributed by atoms with van der Waals surface area (Å²) in [5, 5.41) is 39.4. The van der Waals surface area contributed by atoms with Gasteiger partial charge >= 0.3 is 0 Å². The molecule has 7 heteroatoms. The molecule has 2 fully saturated rings. The highest BCUT2D eigenvalue weighted by Gasteiger charge is 2.40. The zero-order valence-electron chi connectivity index (χ0n) is 20.0. The monoisotopic (exact) mass is 442 g/mol. The van der Waals surface area contributed by atoms with Crippen LogP contribution in [0.2, 0.25) is 0 Å². The lowest BCUT2D eigenvalue weighted by atomic mass is 9.83. The van der Waals surface area contributed by atoms with E-state index in [1.165, 1.54) is 19.3 Å². The van der Waals surface area contributed by atoms with Crippen LogP contribution < -0.4 is 0 Å². The van der Waals surface area contributed by atoms with Gasteiger partial charge in [-0.3, -0.25) is 9.69 Å². The second-order valence-corrected chi connectivity index (χ2v) is 10.8. The smallest absolute Gasteiger partial charge is 0.228 e. The fourth-order valence-corrected chi connectivity index (χ4v) is 5.19. The Morgan fingerprint density at radius 1 is 1.00 bits per heavy atom. The number of aliphatic hydroxyl groups is 4. The van der Waals surface area contributed by atoms with Crippen molar-refractivity contribution in [3.8, 4) is 0 Å². The Hall–Kier alpha value is -0.730. The number of hydrogen-bond donors (Lipinski definition) is 4. The highest BCUT2D eigenvalue weighted by molar-refractivity contribution is 5.81. The fourth-order valence-electron chi connectivity index (χ4n) is 5.19. The van der Waals surface area contributed by atoms with Gasteiger partial charge in [-0.05, 0) is 38.1 Å². The Balaban J connectivity index is 1.80. The van der Waals surface area contributed by atoms with Crippen molar-refractivity contribution < 1.29 is 25.2 Å². The SMILES string of the molecule is C[C@@H]1CCCC[C@@H]1N(CCCCCCN1C[C@H](O)[C@@H](O)[C@H](O)[C@H]1CO)C(=O)C(C)(C)C. The van der Waals surface area contributed by atoms with E-state index in [9.17, 15) is 25.2 Å². The Bertz CT molecular complexity index is 553. The highest BCUT2D eigenvalue weighted by atomic mass is 16.4. The molecule has 0 spiro atoms. The van der Waals surface area contributed by atoms with Crippen molar-refractivity contribution in [2.24, 2.45) is 11.3 Å². The van der Waals surface area contributed by atoms with Gasteiger partial charge in [0, 0.05) is 24.5 Å². The minimum Gasteiger partial charge on any atom is -0.395 e. The summed E-state index contributed by atoms with van der Waals surface area (Å²) >= 11 is 0. The Morgan fingerprint density at radius 3 is 2.26 bits per heavy atom. The van der Waals surface area contributed by atoms with E-state index in [0.29, 0.717) is 18.5 Å². The van der Waals surface area contributed by atoms with E-state index in [2.05, 4.69) is 11.8 Å². The maximum absolute atomic E-state index is 13.1. The van der Waals surface area contributed by atoms with Crippen LogP contribution in [0.1, 0.15) is 79.1 Å². The molecule has 1 amide bonds. The summed E-state index contributed by atoms with van der Waals surface area (Å²) in [4.78, 5) is 17.2. The van der Waals surface area contributed by atoms with E-state index < -0.39 is 24.4 Å². The van der Waals surface area contributed by atoms with Gasteiger partial charge in [0.1, 0.15) is 12.2 Å². The molecule has 0 unspecified atom stereocenters. The van der Waals surface area contributed by atoms with Crippen molar-refractivity contribution in [1.29, 1.82) is 0 Å². The molecule has 0 radical (unpaired) electrons. The van der Waals surface area contributed by atoms with Gasteiger partial charge in [0.15, 0.2) is 0 Å². The summed E-state index contributed by atoms with van der Waals surface area (Å²) in [6.07, 6.45) is 5.30. The molecule has 4 N–H and O–H groups in total. The van der Waals surface area contributed by atoms with Gasteiger partial charge in [-0.15, -0.1) is 0 Å². The average molecular weight is 443 g/mol. The zero-order valence-corrected chi connectivity index (χ0v) is 20.0. The van der Waals surface area contributed by atoms with Gasteiger partial charge in [-0.25, -0.2) is 0 Å². The molecule has 1 saturated carbocycles. The van der Waals surface area contributed by atoms with E-state index in [1.807, 2.05) is 25.7 Å². The third-order valence-electron chi connectivity index (χ3n) is 7.18. The zero-order chi connectivity index (χ0) is 23.2. The van der Waals surface area contributed by atoms with Crippen molar-refractivity contribution in [2.45, 2.75) is 109 Å². The molecule has 0 aromatic heterocycles. The minimum absolute atomic E-state index is 0.242. The van der Waals surface area contributed by atoms with Crippen molar-refractivity contribution in [2.75, 3.05) is 26.2 Å². The van der Waals surface area contributed by atoms with Crippen LogP contribution in [-0.2, 0) is 4.79 Å². The summed E-state index contributed by atoms with van der Waals surface area (Å²) < 4.78 is 0. The van der Waals surface area contributed by atoms with E-state index in [4.69, 9.17) is 0 Å². The number of carbonyl (C=O) groups excluding carboxylic acids is 1. The van der Waals surface area contributed by atoms with Crippen molar-refractivity contribution >= 4 is 5.91 Å². The van der Waals surface area contributed by atoms with Crippen molar-refractivity contribution in [3.05, 3.63) is 0 Å². The highest BCUT2D eigenvalue weighted by Crippen LogP contribution is 2.31. The molecule has 31 heavy (non-hydrogen) atoms. The summed E-state index contributed by atoms with van der Waals surface area (Å²) in [6, 6.07) is -0.181. The van der Waals surface area contributed by atoms with Crippen LogP contribution in [0.3, 0.4) is 0 Å².